The molecule has 2 nitrogen and oxygen atoms in total. The summed E-state index contributed by atoms with van der Waals surface area (Å²) < 4.78 is 19.2. The molecule has 0 amide bonds. The van der Waals surface area contributed by atoms with Gasteiger partial charge in [-0.05, 0) is 37.0 Å². The molecule has 94 valence electrons. The Bertz CT molecular complexity index is 389. The summed E-state index contributed by atoms with van der Waals surface area (Å²) in [5, 5.41) is 9.58. The van der Waals surface area contributed by atoms with E-state index in [0.29, 0.717) is 13.0 Å². The van der Waals surface area contributed by atoms with E-state index in [4.69, 9.17) is 4.74 Å². The molecule has 0 saturated carbocycles. The van der Waals surface area contributed by atoms with Crippen LogP contribution in [0.3, 0.4) is 0 Å². The lowest BCUT2D eigenvalue weighted by Gasteiger charge is -2.35. The fourth-order valence-corrected chi connectivity index (χ4v) is 2.79. The van der Waals surface area contributed by atoms with Gasteiger partial charge in [0.2, 0.25) is 0 Å². The number of hydrogen-bond acceptors (Lipinski definition) is 2. The molecule has 0 spiro atoms. The van der Waals surface area contributed by atoms with Gasteiger partial charge in [0.05, 0.1) is 13.2 Å². The zero-order valence-electron chi connectivity index (χ0n) is 9.59. The normalized spacial score (nSPS) is 24.9. The Balaban J connectivity index is 2.17. The summed E-state index contributed by atoms with van der Waals surface area (Å²) >= 11 is 3.36. The van der Waals surface area contributed by atoms with Crippen molar-refractivity contribution in [1.29, 1.82) is 0 Å². The molecule has 1 aliphatic heterocycles. The lowest BCUT2D eigenvalue weighted by Crippen LogP contribution is -2.37. The number of rotatable bonds is 3. The molecule has 1 saturated heterocycles. The zero-order valence-corrected chi connectivity index (χ0v) is 11.2. The Morgan fingerprint density at radius 3 is 2.88 bits per heavy atom. The molecule has 2 rings (SSSR count). The predicted octanol–water partition coefficient (Wildman–Crippen LogP) is 2.92. The molecule has 1 unspecified atom stereocenters. The Morgan fingerprint density at radius 2 is 2.29 bits per heavy atom. The zero-order chi connectivity index (χ0) is 12.3. The lowest BCUT2D eigenvalue weighted by atomic mass is 9.78. The highest BCUT2D eigenvalue weighted by atomic mass is 79.9. The molecule has 1 aliphatic rings. The third-order valence-electron chi connectivity index (χ3n) is 3.32. The molecular formula is C13H16BrFO2. The van der Waals surface area contributed by atoms with Crippen molar-refractivity contribution in [1.82, 2.24) is 0 Å². The molecule has 0 radical (unpaired) electrons. The number of ether oxygens (including phenoxy) is 1. The van der Waals surface area contributed by atoms with Crippen LogP contribution in [0.2, 0.25) is 0 Å². The third kappa shape index (κ3) is 3.06. The van der Waals surface area contributed by atoms with Crippen molar-refractivity contribution in [3.8, 4) is 0 Å². The minimum Gasteiger partial charge on any atom is -0.396 e. The van der Waals surface area contributed by atoms with Crippen LogP contribution < -0.4 is 0 Å². The van der Waals surface area contributed by atoms with Gasteiger partial charge in [-0.25, -0.2) is 4.39 Å². The maximum absolute atomic E-state index is 13.0. The van der Waals surface area contributed by atoms with Crippen LogP contribution in [0.4, 0.5) is 4.39 Å². The molecule has 17 heavy (non-hydrogen) atoms. The first-order valence-electron chi connectivity index (χ1n) is 5.78. The molecule has 1 N–H and O–H groups in total. The van der Waals surface area contributed by atoms with E-state index < -0.39 is 0 Å². The molecule has 0 bridgehead atoms. The fraction of sp³-hybridized carbons (Fsp3) is 0.538. The van der Waals surface area contributed by atoms with E-state index in [1.807, 2.05) is 0 Å². The van der Waals surface area contributed by atoms with Crippen LogP contribution in [-0.2, 0) is 11.2 Å². The van der Waals surface area contributed by atoms with Crippen molar-refractivity contribution in [3.63, 3.8) is 0 Å². The van der Waals surface area contributed by atoms with E-state index in [2.05, 4.69) is 15.9 Å². The first-order chi connectivity index (χ1) is 8.15. The maximum Gasteiger partial charge on any atom is 0.124 e. The quantitative estimate of drug-likeness (QED) is 0.930. The maximum atomic E-state index is 13.0. The number of halogens is 2. The second-order valence-corrected chi connectivity index (χ2v) is 5.58. The molecular weight excluding hydrogens is 287 g/mol. The van der Waals surface area contributed by atoms with Gasteiger partial charge in [0.25, 0.3) is 0 Å². The van der Waals surface area contributed by atoms with Crippen molar-refractivity contribution < 1.29 is 14.2 Å². The molecule has 4 heteroatoms. The van der Waals surface area contributed by atoms with Crippen molar-refractivity contribution >= 4 is 15.9 Å². The molecule has 0 aliphatic carbocycles. The van der Waals surface area contributed by atoms with Gasteiger partial charge in [0.15, 0.2) is 0 Å². The molecule has 1 fully saturated rings. The van der Waals surface area contributed by atoms with Crippen molar-refractivity contribution in [3.05, 3.63) is 34.1 Å². The lowest BCUT2D eigenvalue weighted by molar-refractivity contribution is -0.0379. The first kappa shape index (κ1) is 13.0. The van der Waals surface area contributed by atoms with Crippen LogP contribution in [0.1, 0.15) is 18.4 Å². The molecule has 1 atom stereocenters. The first-order valence-corrected chi connectivity index (χ1v) is 6.57. The highest BCUT2D eigenvalue weighted by molar-refractivity contribution is 9.10. The highest BCUT2D eigenvalue weighted by Crippen LogP contribution is 2.34. The molecule has 1 aromatic rings. The molecule has 1 heterocycles. The summed E-state index contributed by atoms with van der Waals surface area (Å²) in [6.07, 6.45) is 2.64. The van der Waals surface area contributed by atoms with E-state index >= 15 is 0 Å². The summed E-state index contributed by atoms with van der Waals surface area (Å²) in [5.41, 5.74) is 0.810. The second-order valence-electron chi connectivity index (χ2n) is 4.73. The molecule has 1 aromatic carbocycles. The average molecular weight is 303 g/mol. The number of aliphatic hydroxyl groups is 1. The Hall–Kier alpha value is -0.450. The van der Waals surface area contributed by atoms with Crippen LogP contribution >= 0.6 is 15.9 Å². The van der Waals surface area contributed by atoms with E-state index in [0.717, 1.165) is 29.5 Å². The number of aliphatic hydroxyl groups excluding tert-OH is 1. The van der Waals surface area contributed by atoms with Crippen LogP contribution in [-0.4, -0.2) is 24.9 Å². The largest absolute Gasteiger partial charge is 0.396 e. The Morgan fingerprint density at radius 1 is 1.47 bits per heavy atom. The van der Waals surface area contributed by atoms with E-state index in [1.54, 1.807) is 6.07 Å². The van der Waals surface area contributed by atoms with Crippen molar-refractivity contribution in [2.45, 2.75) is 19.3 Å². The van der Waals surface area contributed by atoms with E-state index in [-0.39, 0.29) is 17.8 Å². The SMILES string of the molecule is OCC1(Cc2ccc(F)cc2Br)CCCOC1. The van der Waals surface area contributed by atoms with Gasteiger partial charge in [-0.2, -0.15) is 0 Å². The van der Waals surface area contributed by atoms with Gasteiger partial charge in [-0.15, -0.1) is 0 Å². The van der Waals surface area contributed by atoms with Gasteiger partial charge in [0, 0.05) is 16.5 Å². The summed E-state index contributed by atoms with van der Waals surface area (Å²) in [6, 6.07) is 4.68. The highest BCUT2D eigenvalue weighted by Gasteiger charge is 2.33. The number of hydrogen-bond donors (Lipinski definition) is 1. The van der Waals surface area contributed by atoms with Crippen LogP contribution in [0.25, 0.3) is 0 Å². The summed E-state index contributed by atoms with van der Waals surface area (Å²) in [5.74, 6) is -0.251. The summed E-state index contributed by atoms with van der Waals surface area (Å²) in [7, 11) is 0. The van der Waals surface area contributed by atoms with E-state index in [9.17, 15) is 9.50 Å². The Kier molecular flexibility index (Phi) is 4.17. The predicted molar refractivity (Wildman–Crippen MR) is 67.4 cm³/mol. The van der Waals surface area contributed by atoms with Gasteiger partial charge in [-0.1, -0.05) is 22.0 Å². The smallest absolute Gasteiger partial charge is 0.124 e. The number of benzene rings is 1. The van der Waals surface area contributed by atoms with Crippen LogP contribution in [0.15, 0.2) is 22.7 Å². The average Bonchev–Trinajstić information content (AvgIpc) is 2.34. The van der Waals surface area contributed by atoms with Gasteiger partial charge < -0.3 is 9.84 Å². The minimum atomic E-state index is -0.251. The summed E-state index contributed by atoms with van der Waals surface area (Å²) in [4.78, 5) is 0. The minimum absolute atomic E-state index is 0.108. The third-order valence-corrected chi connectivity index (χ3v) is 4.06. The standard InChI is InChI=1S/C13H16BrFO2/c14-12-6-11(15)3-2-10(12)7-13(8-16)4-1-5-17-9-13/h2-3,6,16H,1,4-5,7-9H2. The second kappa shape index (κ2) is 5.46. The van der Waals surface area contributed by atoms with E-state index in [1.165, 1.54) is 12.1 Å². The fourth-order valence-electron chi connectivity index (χ4n) is 2.30. The van der Waals surface area contributed by atoms with Crippen molar-refractivity contribution in [2.24, 2.45) is 5.41 Å². The van der Waals surface area contributed by atoms with Crippen LogP contribution in [0.5, 0.6) is 0 Å². The summed E-state index contributed by atoms with van der Waals surface area (Å²) in [6.45, 7) is 1.45. The monoisotopic (exact) mass is 302 g/mol. The van der Waals surface area contributed by atoms with Gasteiger partial charge in [-0.3, -0.25) is 0 Å². The van der Waals surface area contributed by atoms with Gasteiger partial charge >= 0.3 is 0 Å². The Labute approximate surface area is 109 Å². The van der Waals surface area contributed by atoms with Crippen molar-refractivity contribution in [2.75, 3.05) is 19.8 Å². The van der Waals surface area contributed by atoms with Crippen LogP contribution in [0, 0.1) is 11.2 Å². The topological polar surface area (TPSA) is 29.5 Å². The molecule has 0 aromatic heterocycles. The van der Waals surface area contributed by atoms with Gasteiger partial charge in [0.1, 0.15) is 5.82 Å².